The van der Waals surface area contributed by atoms with Crippen molar-refractivity contribution >= 4 is 11.9 Å². The molecule has 0 fully saturated rings. The maximum absolute atomic E-state index is 11.6. The lowest BCUT2D eigenvalue weighted by Gasteiger charge is -2.12. The predicted octanol–water partition coefficient (Wildman–Crippen LogP) is 2.00. The van der Waals surface area contributed by atoms with Gasteiger partial charge in [0, 0.05) is 37.9 Å². The van der Waals surface area contributed by atoms with Crippen molar-refractivity contribution in [3.8, 4) is 0 Å². The van der Waals surface area contributed by atoms with E-state index >= 15 is 0 Å². The topological polar surface area (TPSA) is 83.3 Å². The molecule has 146 valence electrons. The van der Waals surface area contributed by atoms with Crippen molar-refractivity contribution in [3.63, 3.8) is 0 Å². The lowest BCUT2D eigenvalue weighted by Crippen LogP contribution is -2.38. The van der Waals surface area contributed by atoms with Crippen molar-refractivity contribution in [2.75, 3.05) is 20.1 Å². The van der Waals surface area contributed by atoms with E-state index in [0.717, 1.165) is 43.3 Å². The first kappa shape index (κ1) is 20.5. The van der Waals surface area contributed by atoms with E-state index in [0.29, 0.717) is 12.1 Å². The summed E-state index contributed by atoms with van der Waals surface area (Å²) in [7, 11) is 1.63. The van der Waals surface area contributed by atoms with Gasteiger partial charge in [0.05, 0.1) is 12.2 Å². The molecule has 27 heavy (non-hydrogen) atoms. The molecule has 0 spiro atoms. The Balaban J connectivity index is 1.84. The van der Waals surface area contributed by atoms with Gasteiger partial charge in [-0.3, -0.25) is 9.48 Å². The van der Waals surface area contributed by atoms with E-state index in [-0.39, 0.29) is 5.91 Å². The van der Waals surface area contributed by atoms with E-state index in [1.807, 2.05) is 42.8 Å². The van der Waals surface area contributed by atoms with Gasteiger partial charge in [-0.05, 0) is 51.0 Å². The number of aryl methyl sites for hydroxylation is 3. The molecular weight excluding hydrogens is 340 g/mol. The Morgan fingerprint density at radius 1 is 1.19 bits per heavy atom. The number of aliphatic imine (C=N–C) groups is 1. The number of nitrogens with zero attached hydrogens (tertiary/aromatic N) is 3. The first-order chi connectivity index (χ1) is 13.0. The van der Waals surface area contributed by atoms with E-state index < -0.39 is 0 Å². The lowest BCUT2D eigenvalue weighted by molar-refractivity contribution is 0.0963. The maximum atomic E-state index is 11.6. The Bertz CT molecular complexity index is 763. The molecule has 1 aromatic carbocycles. The molecule has 2 aromatic rings. The zero-order valence-electron chi connectivity index (χ0n) is 16.7. The molecule has 0 atom stereocenters. The van der Waals surface area contributed by atoms with E-state index in [1.54, 1.807) is 7.05 Å². The molecule has 1 amide bonds. The number of benzene rings is 1. The number of hydrogen-bond acceptors (Lipinski definition) is 3. The molecule has 7 heteroatoms. The van der Waals surface area contributed by atoms with Gasteiger partial charge >= 0.3 is 0 Å². The minimum Gasteiger partial charge on any atom is -0.357 e. The van der Waals surface area contributed by atoms with Gasteiger partial charge in [-0.15, -0.1) is 0 Å². The van der Waals surface area contributed by atoms with Crippen LogP contribution in [-0.4, -0.2) is 41.8 Å². The monoisotopic (exact) mass is 370 g/mol. The fourth-order valence-corrected chi connectivity index (χ4v) is 2.75. The van der Waals surface area contributed by atoms with Crippen LogP contribution in [-0.2, 0) is 13.1 Å². The molecule has 3 N–H and O–H groups in total. The van der Waals surface area contributed by atoms with Gasteiger partial charge in [-0.2, -0.15) is 5.10 Å². The van der Waals surface area contributed by atoms with E-state index in [9.17, 15) is 4.79 Å². The molecule has 0 saturated carbocycles. The number of aromatic nitrogens is 2. The summed E-state index contributed by atoms with van der Waals surface area (Å²) < 4.78 is 2.04. The lowest BCUT2D eigenvalue weighted by atomic mass is 10.1. The number of carbonyl (C=O) groups is 1. The minimum absolute atomic E-state index is 0.0809. The maximum Gasteiger partial charge on any atom is 0.251 e. The second kappa shape index (κ2) is 10.4. The van der Waals surface area contributed by atoms with Crippen LogP contribution in [0.15, 0.2) is 35.3 Å². The summed E-state index contributed by atoms with van der Waals surface area (Å²) >= 11 is 0. The highest BCUT2D eigenvalue weighted by molar-refractivity contribution is 5.93. The highest BCUT2D eigenvalue weighted by Crippen LogP contribution is 2.06. The second-order valence-electron chi connectivity index (χ2n) is 6.40. The van der Waals surface area contributed by atoms with Crippen LogP contribution in [0.25, 0.3) is 0 Å². The minimum atomic E-state index is -0.0809. The molecule has 7 nitrogen and oxygen atoms in total. The van der Waals surface area contributed by atoms with Gasteiger partial charge in [-0.25, -0.2) is 4.99 Å². The van der Waals surface area contributed by atoms with Crippen LogP contribution in [0.3, 0.4) is 0 Å². The van der Waals surface area contributed by atoms with Gasteiger partial charge in [0.15, 0.2) is 5.96 Å². The Hall–Kier alpha value is -2.83. The van der Waals surface area contributed by atoms with Crippen molar-refractivity contribution < 1.29 is 4.79 Å². The summed E-state index contributed by atoms with van der Waals surface area (Å²) in [5.41, 5.74) is 3.95. The number of amides is 1. The largest absolute Gasteiger partial charge is 0.357 e. The Morgan fingerprint density at radius 3 is 2.52 bits per heavy atom. The molecule has 1 heterocycles. The summed E-state index contributed by atoms with van der Waals surface area (Å²) in [5, 5.41) is 13.7. The zero-order chi connectivity index (χ0) is 19.6. The van der Waals surface area contributed by atoms with Crippen molar-refractivity contribution in [1.29, 1.82) is 0 Å². The van der Waals surface area contributed by atoms with Crippen LogP contribution in [0.1, 0.15) is 40.7 Å². The van der Waals surface area contributed by atoms with Crippen LogP contribution in [0.2, 0.25) is 0 Å². The van der Waals surface area contributed by atoms with Gasteiger partial charge in [-0.1, -0.05) is 12.1 Å². The molecule has 0 radical (unpaired) electrons. The Kier molecular flexibility index (Phi) is 7.85. The van der Waals surface area contributed by atoms with Crippen molar-refractivity contribution in [1.82, 2.24) is 25.7 Å². The van der Waals surface area contributed by atoms with Crippen molar-refractivity contribution in [3.05, 3.63) is 52.8 Å². The van der Waals surface area contributed by atoms with Crippen LogP contribution >= 0.6 is 0 Å². The summed E-state index contributed by atoms with van der Waals surface area (Å²) in [6, 6.07) is 9.59. The molecule has 1 aromatic heterocycles. The number of carbonyl (C=O) groups excluding carboxylic acids is 1. The zero-order valence-corrected chi connectivity index (χ0v) is 16.7. The highest BCUT2D eigenvalue weighted by Gasteiger charge is 2.03. The van der Waals surface area contributed by atoms with E-state index in [2.05, 4.69) is 39.0 Å². The third-order valence-electron chi connectivity index (χ3n) is 4.15. The van der Waals surface area contributed by atoms with Gasteiger partial charge in [0.25, 0.3) is 5.91 Å². The van der Waals surface area contributed by atoms with E-state index in [4.69, 9.17) is 0 Å². The van der Waals surface area contributed by atoms with Crippen LogP contribution in [0.4, 0.5) is 0 Å². The smallest absolute Gasteiger partial charge is 0.251 e. The van der Waals surface area contributed by atoms with Crippen molar-refractivity contribution in [2.45, 2.75) is 40.3 Å². The normalized spacial score (nSPS) is 11.3. The molecule has 0 aliphatic rings. The quantitative estimate of drug-likeness (QED) is 0.377. The fraction of sp³-hybridized carbons (Fsp3) is 0.450. The SMILES string of the molecule is CCNC(=NCc1ccc(C(=O)NC)cc1)NCCCn1nc(C)cc1C. The number of guanidine groups is 1. The molecule has 0 saturated heterocycles. The number of rotatable bonds is 8. The average Bonchev–Trinajstić information content (AvgIpc) is 3.00. The predicted molar refractivity (Wildman–Crippen MR) is 109 cm³/mol. The Labute approximate surface area is 161 Å². The summed E-state index contributed by atoms with van der Waals surface area (Å²) in [5.74, 6) is 0.712. The second-order valence-corrected chi connectivity index (χ2v) is 6.40. The van der Waals surface area contributed by atoms with Gasteiger partial charge in [0.1, 0.15) is 0 Å². The van der Waals surface area contributed by atoms with Crippen LogP contribution in [0.5, 0.6) is 0 Å². The molecule has 0 bridgehead atoms. The first-order valence-corrected chi connectivity index (χ1v) is 9.37. The number of hydrogen-bond donors (Lipinski definition) is 3. The fourth-order valence-electron chi connectivity index (χ4n) is 2.75. The molecule has 0 unspecified atom stereocenters. The number of nitrogens with one attached hydrogen (secondary N) is 3. The molecule has 0 aliphatic heterocycles. The highest BCUT2D eigenvalue weighted by atomic mass is 16.1. The van der Waals surface area contributed by atoms with Crippen LogP contribution in [0, 0.1) is 13.8 Å². The van der Waals surface area contributed by atoms with Crippen LogP contribution < -0.4 is 16.0 Å². The summed E-state index contributed by atoms with van der Waals surface area (Å²) in [6.07, 6.45) is 0.965. The molecular formula is C20H30N6O. The summed E-state index contributed by atoms with van der Waals surface area (Å²) in [4.78, 5) is 16.2. The molecule has 2 rings (SSSR count). The Morgan fingerprint density at radius 2 is 1.93 bits per heavy atom. The third kappa shape index (κ3) is 6.44. The summed E-state index contributed by atoms with van der Waals surface area (Å²) in [6.45, 7) is 9.20. The average molecular weight is 371 g/mol. The van der Waals surface area contributed by atoms with Gasteiger partial charge in [0.2, 0.25) is 0 Å². The van der Waals surface area contributed by atoms with E-state index in [1.165, 1.54) is 5.69 Å². The first-order valence-electron chi connectivity index (χ1n) is 9.37. The third-order valence-corrected chi connectivity index (χ3v) is 4.15. The molecule has 0 aliphatic carbocycles. The van der Waals surface area contributed by atoms with Crippen molar-refractivity contribution in [2.24, 2.45) is 4.99 Å². The van der Waals surface area contributed by atoms with Gasteiger partial charge < -0.3 is 16.0 Å². The standard InChI is InChI=1S/C20H30N6O/c1-5-22-20(23-11-6-12-26-16(3)13-15(2)25-26)24-14-17-7-9-18(10-8-17)19(27)21-4/h7-10,13H,5-6,11-12,14H2,1-4H3,(H,21,27)(H2,22,23,24).